The van der Waals surface area contributed by atoms with Crippen LogP contribution in [0.3, 0.4) is 0 Å². The van der Waals surface area contributed by atoms with Crippen LogP contribution >= 0.6 is 15.9 Å². The van der Waals surface area contributed by atoms with Crippen molar-refractivity contribution in [1.82, 2.24) is 10.6 Å². The van der Waals surface area contributed by atoms with Crippen molar-refractivity contribution in [3.05, 3.63) is 82.3 Å². The summed E-state index contributed by atoms with van der Waals surface area (Å²) in [6, 6.07) is 21.2. The van der Waals surface area contributed by atoms with Gasteiger partial charge in [-0.15, -0.1) is 0 Å². The Labute approximate surface area is 167 Å². The Balaban J connectivity index is 1.53. The van der Waals surface area contributed by atoms with Crippen molar-refractivity contribution in [3.8, 4) is 0 Å². The molecule has 27 heavy (non-hydrogen) atoms. The van der Waals surface area contributed by atoms with Crippen LogP contribution < -0.4 is 10.6 Å². The monoisotopic (exact) mass is 424 g/mol. The molecule has 5 heteroatoms. The topological polar surface area (TPSA) is 58.2 Å². The molecule has 0 aliphatic rings. The van der Waals surface area contributed by atoms with Crippen molar-refractivity contribution < 1.29 is 9.59 Å². The number of hydrogen-bond acceptors (Lipinski definition) is 2. The van der Waals surface area contributed by atoms with Crippen LogP contribution in [0.5, 0.6) is 0 Å². The van der Waals surface area contributed by atoms with Gasteiger partial charge in [0.15, 0.2) is 0 Å². The minimum atomic E-state index is -0.183. The molecule has 3 aromatic rings. The largest absolute Gasteiger partial charge is 0.352 e. The maximum atomic E-state index is 12.3. The fourth-order valence-corrected chi connectivity index (χ4v) is 3.28. The van der Waals surface area contributed by atoms with Crippen molar-refractivity contribution in [2.75, 3.05) is 6.54 Å². The molecule has 2 amide bonds. The van der Waals surface area contributed by atoms with Gasteiger partial charge in [-0.2, -0.15) is 0 Å². The first-order valence-electron chi connectivity index (χ1n) is 8.85. The van der Waals surface area contributed by atoms with Gasteiger partial charge in [-0.25, -0.2) is 0 Å². The zero-order chi connectivity index (χ0) is 19.2. The third kappa shape index (κ3) is 4.95. The van der Waals surface area contributed by atoms with Gasteiger partial charge in [0.1, 0.15) is 0 Å². The van der Waals surface area contributed by atoms with E-state index in [0.29, 0.717) is 12.1 Å². The number of amides is 2. The van der Waals surface area contributed by atoms with Gasteiger partial charge in [-0.1, -0.05) is 58.4 Å². The van der Waals surface area contributed by atoms with Crippen LogP contribution in [0.4, 0.5) is 0 Å². The predicted octanol–water partition coefficient (Wildman–Crippen LogP) is 4.60. The van der Waals surface area contributed by atoms with Gasteiger partial charge >= 0.3 is 0 Å². The van der Waals surface area contributed by atoms with Gasteiger partial charge in [0.05, 0.1) is 6.04 Å². The smallest absolute Gasteiger partial charge is 0.251 e. The number of nitrogens with one attached hydrogen (secondary N) is 2. The molecule has 0 unspecified atom stereocenters. The first-order chi connectivity index (χ1) is 13.0. The van der Waals surface area contributed by atoms with Gasteiger partial charge in [-0.05, 0) is 47.5 Å². The fourth-order valence-electron chi connectivity index (χ4n) is 3.01. The highest BCUT2D eigenvalue weighted by Gasteiger charge is 2.12. The van der Waals surface area contributed by atoms with E-state index in [1.165, 1.54) is 0 Å². The molecule has 4 nitrogen and oxygen atoms in total. The van der Waals surface area contributed by atoms with E-state index in [4.69, 9.17) is 0 Å². The summed E-state index contributed by atoms with van der Waals surface area (Å²) in [7, 11) is 0. The average molecular weight is 425 g/mol. The fraction of sp³-hybridized carbons (Fsp3) is 0.182. The quantitative estimate of drug-likeness (QED) is 0.607. The highest BCUT2D eigenvalue weighted by Crippen LogP contribution is 2.24. The maximum Gasteiger partial charge on any atom is 0.251 e. The lowest BCUT2D eigenvalue weighted by atomic mass is 9.99. The summed E-state index contributed by atoms with van der Waals surface area (Å²) in [5, 5.41) is 8.08. The van der Waals surface area contributed by atoms with Crippen molar-refractivity contribution >= 4 is 38.5 Å². The molecule has 0 saturated heterocycles. The molecule has 3 aromatic carbocycles. The maximum absolute atomic E-state index is 12.3. The molecule has 0 fully saturated rings. The Bertz CT molecular complexity index is 949. The minimum absolute atomic E-state index is 0.0912. The third-order valence-electron chi connectivity index (χ3n) is 4.41. The van der Waals surface area contributed by atoms with Gasteiger partial charge in [0.2, 0.25) is 5.91 Å². The van der Waals surface area contributed by atoms with Crippen LogP contribution in [0.15, 0.2) is 71.2 Å². The Hall–Kier alpha value is -2.66. The first kappa shape index (κ1) is 19.1. The van der Waals surface area contributed by atoms with Crippen molar-refractivity contribution in [2.45, 2.75) is 19.4 Å². The van der Waals surface area contributed by atoms with E-state index in [9.17, 15) is 9.59 Å². The summed E-state index contributed by atoms with van der Waals surface area (Å²) >= 11 is 3.34. The van der Waals surface area contributed by atoms with E-state index in [1.807, 2.05) is 43.3 Å². The zero-order valence-corrected chi connectivity index (χ0v) is 16.6. The highest BCUT2D eigenvalue weighted by atomic mass is 79.9. The molecule has 0 saturated carbocycles. The van der Waals surface area contributed by atoms with Crippen molar-refractivity contribution in [2.24, 2.45) is 0 Å². The molecule has 0 spiro atoms. The second kappa shape index (κ2) is 8.82. The molecule has 0 aliphatic heterocycles. The number of fused-ring (bicyclic) bond motifs is 1. The van der Waals surface area contributed by atoms with E-state index in [2.05, 4.69) is 44.8 Å². The number of benzene rings is 3. The van der Waals surface area contributed by atoms with Crippen LogP contribution in [0.25, 0.3) is 10.8 Å². The van der Waals surface area contributed by atoms with E-state index in [-0.39, 0.29) is 24.3 Å². The van der Waals surface area contributed by atoms with E-state index < -0.39 is 0 Å². The van der Waals surface area contributed by atoms with Crippen molar-refractivity contribution in [1.29, 1.82) is 0 Å². The zero-order valence-electron chi connectivity index (χ0n) is 15.0. The number of rotatable bonds is 6. The van der Waals surface area contributed by atoms with Crippen LogP contribution in [0.2, 0.25) is 0 Å². The number of carbonyl (C=O) groups is 2. The van der Waals surface area contributed by atoms with Crippen LogP contribution in [0.1, 0.15) is 35.3 Å². The second-order valence-electron chi connectivity index (χ2n) is 6.37. The minimum Gasteiger partial charge on any atom is -0.352 e. The van der Waals surface area contributed by atoms with Gasteiger partial charge in [0.25, 0.3) is 5.91 Å². The van der Waals surface area contributed by atoms with E-state index in [0.717, 1.165) is 20.8 Å². The molecular formula is C22H21BrN2O2. The summed E-state index contributed by atoms with van der Waals surface area (Å²) in [6.07, 6.45) is 0.234. The molecule has 3 rings (SSSR count). The lowest BCUT2D eigenvalue weighted by Gasteiger charge is -2.17. The summed E-state index contributed by atoms with van der Waals surface area (Å²) in [5.74, 6) is -0.274. The molecule has 2 N–H and O–H groups in total. The van der Waals surface area contributed by atoms with E-state index in [1.54, 1.807) is 12.1 Å². The number of hydrogen-bond donors (Lipinski definition) is 2. The third-order valence-corrected chi connectivity index (χ3v) is 4.94. The van der Waals surface area contributed by atoms with Crippen LogP contribution in [-0.2, 0) is 4.79 Å². The highest BCUT2D eigenvalue weighted by molar-refractivity contribution is 9.10. The Kier molecular flexibility index (Phi) is 6.24. The van der Waals surface area contributed by atoms with Crippen LogP contribution in [0, 0.1) is 0 Å². The van der Waals surface area contributed by atoms with Gasteiger partial charge in [0, 0.05) is 23.0 Å². The molecule has 138 valence electrons. The molecule has 0 bridgehead atoms. The van der Waals surface area contributed by atoms with Crippen molar-refractivity contribution in [3.63, 3.8) is 0 Å². The molecule has 0 aliphatic carbocycles. The lowest BCUT2D eigenvalue weighted by Crippen LogP contribution is -2.32. The molecular weight excluding hydrogens is 404 g/mol. The first-order valence-corrected chi connectivity index (χ1v) is 9.64. The summed E-state index contributed by atoms with van der Waals surface area (Å²) < 4.78 is 0.917. The average Bonchev–Trinajstić information content (AvgIpc) is 2.68. The molecule has 1 atom stereocenters. The van der Waals surface area contributed by atoms with E-state index >= 15 is 0 Å². The Morgan fingerprint density at radius 1 is 0.963 bits per heavy atom. The normalized spacial score (nSPS) is 11.8. The summed E-state index contributed by atoms with van der Waals surface area (Å²) in [5.41, 5.74) is 1.66. The predicted molar refractivity (Wildman–Crippen MR) is 112 cm³/mol. The lowest BCUT2D eigenvalue weighted by molar-refractivity contribution is -0.121. The molecule has 0 radical (unpaired) electrons. The Morgan fingerprint density at radius 3 is 2.44 bits per heavy atom. The molecule has 0 heterocycles. The SMILES string of the molecule is C[C@@H](NC(=O)CCNC(=O)c1ccc(Br)cc1)c1cccc2ccccc12. The van der Waals surface area contributed by atoms with Gasteiger partial charge < -0.3 is 10.6 Å². The van der Waals surface area contributed by atoms with Gasteiger partial charge in [-0.3, -0.25) is 9.59 Å². The Morgan fingerprint density at radius 2 is 1.67 bits per heavy atom. The van der Waals surface area contributed by atoms with Crippen LogP contribution in [-0.4, -0.2) is 18.4 Å². The standard InChI is InChI=1S/C22H21BrN2O2/c1-15(19-8-4-6-16-5-2-3-7-20(16)19)25-21(26)13-14-24-22(27)17-9-11-18(23)12-10-17/h2-12,15H,13-14H2,1H3,(H,24,27)(H,25,26)/t15-/m1/s1. The summed E-state index contributed by atoms with van der Waals surface area (Å²) in [6.45, 7) is 2.27. The second-order valence-corrected chi connectivity index (χ2v) is 7.29. The number of carbonyl (C=O) groups excluding carboxylic acids is 2. The summed E-state index contributed by atoms with van der Waals surface area (Å²) in [4.78, 5) is 24.3. The number of halogens is 1. The molecule has 0 aromatic heterocycles.